The quantitative estimate of drug-likeness (QED) is 0.527. The van der Waals surface area contributed by atoms with E-state index >= 15 is 0 Å². The zero-order valence-electron chi connectivity index (χ0n) is 12.0. The van der Waals surface area contributed by atoms with Crippen LogP contribution in [0.2, 0.25) is 0 Å². The van der Waals surface area contributed by atoms with E-state index in [-0.39, 0.29) is 0 Å². The standard InChI is InChI=1S/C16H26N2S/c1-2-3-4-5-6-10-13-17-16(19)18-14-15-11-8-7-9-12-15/h7-9,11-12H,2-6,10,13-14H2,1H3,(H2,17,18,19). The Morgan fingerprint density at radius 1 is 0.947 bits per heavy atom. The summed E-state index contributed by atoms with van der Waals surface area (Å²) in [6.45, 7) is 4.02. The summed E-state index contributed by atoms with van der Waals surface area (Å²) in [5.74, 6) is 0. The molecule has 0 heterocycles. The van der Waals surface area contributed by atoms with Crippen LogP contribution in [0.25, 0.3) is 0 Å². The zero-order chi connectivity index (χ0) is 13.8. The normalized spacial score (nSPS) is 10.2. The minimum Gasteiger partial charge on any atom is -0.363 e. The Labute approximate surface area is 123 Å². The van der Waals surface area contributed by atoms with Crippen molar-refractivity contribution in [1.29, 1.82) is 0 Å². The smallest absolute Gasteiger partial charge is 0.166 e. The van der Waals surface area contributed by atoms with Gasteiger partial charge in [0.2, 0.25) is 0 Å². The number of hydrogen-bond acceptors (Lipinski definition) is 1. The van der Waals surface area contributed by atoms with Gasteiger partial charge in [-0.25, -0.2) is 0 Å². The minimum absolute atomic E-state index is 0.761. The van der Waals surface area contributed by atoms with E-state index in [4.69, 9.17) is 12.2 Å². The van der Waals surface area contributed by atoms with E-state index in [1.54, 1.807) is 0 Å². The Balaban J connectivity index is 1.96. The van der Waals surface area contributed by atoms with Crippen LogP contribution < -0.4 is 10.6 Å². The summed E-state index contributed by atoms with van der Waals surface area (Å²) in [6, 6.07) is 10.3. The Bertz CT molecular complexity index is 338. The van der Waals surface area contributed by atoms with Gasteiger partial charge in [0.15, 0.2) is 5.11 Å². The van der Waals surface area contributed by atoms with Crippen LogP contribution in [-0.4, -0.2) is 11.7 Å². The summed E-state index contributed by atoms with van der Waals surface area (Å²) >= 11 is 5.25. The van der Waals surface area contributed by atoms with Crippen LogP contribution in [0.1, 0.15) is 51.0 Å². The van der Waals surface area contributed by atoms with Crippen LogP contribution in [0.5, 0.6) is 0 Å². The second-order valence-electron chi connectivity index (χ2n) is 4.86. The van der Waals surface area contributed by atoms with E-state index in [2.05, 4.69) is 29.7 Å². The Morgan fingerprint density at radius 2 is 1.63 bits per heavy atom. The van der Waals surface area contributed by atoms with Crippen LogP contribution in [0.3, 0.4) is 0 Å². The topological polar surface area (TPSA) is 24.1 Å². The SMILES string of the molecule is CCCCCCCCNC(=S)NCc1ccccc1. The molecule has 0 unspecified atom stereocenters. The highest BCUT2D eigenvalue weighted by Gasteiger charge is 1.96. The van der Waals surface area contributed by atoms with Crippen molar-refractivity contribution in [2.45, 2.75) is 52.0 Å². The van der Waals surface area contributed by atoms with Gasteiger partial charge >= 0.3 is 0 Å². The fraction of sp³-hybridized carbons (Fsp3) is 0.562. The van der Waals surface area contributed by atoms with E-state index in [0.717, 1.165) is 18.2 Å². The fourth-order valence-corrected chi connectivity index (χ4v) is 2.12. The maximum absolute atomic E-state index is 5.25. The molecule has 0 aliphatic carbocycles. The van der Waals surface area contributed by atoms with Crippen LogP contribution in [0.15, 0.2) is 30.3 Å². The number of benzene rings is 1. The van der Waals surface area contributed by atoms with Gasteiger partial charge in [-0.05, 0) is 24.2 Å². The molecule has 1 aromatic rings. The lowest BCUT2D eigenvalue weighted by molar-refractivity contribution is 0.601. The molecule has 1 rings (SSSR count). The van der Waals surface area contributed by atoms with Gasteiger partial charge in [-0.2, -0.15) is 0 Å². The number of hydrogen-bond donors (Lipinski definition) is 2. The third-order valence-electron chi connectivity index (χ3n) is 3.11. The second-order valence-corrected chi connectivity index (χ2v) is 5.27. The van der Waals surface area contributed by atoms with Crippen molar-refractivity contribution in [2.75, 3.05) is 6.54 Å². The Morgan fingerprint density at radius 3 is 2.37 bits per heavy atom. The van der Waals surface area contributed by atoms with Crippen LogP contribution in [-0.2, 0) is 6.54 Å². The van der Waals surface area contributed by atoms with Gasteiger partial charge in [0.05, 0.1) is 0 Å². The molecule has 2 N–H and O–H groups in total. The lowest BCUT2D eigenvalue weighted by Gasteiger charge is -2.10. The average molecular weight is 278 g/mol. The molecule has 3 heteroatoms. The molecule has 0 bridgehead atoms. The highest BCUT2D eigenvalue weighted by molar-refractivity contribution is 7.80. The summed E-state index contributed by atoms with van der Waals surface area (Å²) < 4.78 is 0. The summed E-state index contributed by atoms with van der Waals surface area (Å²) in [5.41, 5.74) is 1.26. The predicted molar refractivity (Wildman–Crippen MR) is 87.3 cm³/mol. The highest BCUT2D eigenvalue weighted by atomic mass is 32.1. The molecule has 0 saturated heterocycles. The molecule has 0 aromatic heterocycles. The van der Waals surface area contributed by atoms with Crippen molar-refractivity contribution < 1.29 is 0 Å². The summed E-state index contributed by atoms with van der Waals surface area (Å²) in [6.07, 6.45) is 7.90. The van der Waals surface area contributed by atoms with Crippen LogP contribution in [0.4, 0.5) is 0 Å². The number of nitrogens with one attached hydrogen (secondary N) is 2. The molecule has 0 saturated carbocycles. The third-order valence-corrected chi connectivity index (χ3v) is 3.40. The van der Waals surface area contributed by atoms with Crippen molar-refractivity contribution in [3.05, 3.63) is 35.9 Å². The van der Waals surface area contributed by atoms with Crippen LogP contribution >= 0.6 is 12.2 Å². The maximum Gasteiger partial charge on any atom is 0.166 e. The molecular weight excluding hydrogens is 252 g/mol. The summed E-state index contributed by atoms with van der Waals surface area (Å²) in [5, 5.41) is 7.26. The van der Waals surface area contributed by atoms with Gasteiger partial charge in [-0.3, -0.25) is 0 Å². The van der Waals surface area contributed by atoms with E-state index in [1.165, 1.54) is 44.1 Å². The van der Waals surface area contributed by atoms with Crippen molar-refractivity contribution in [1.82, 2.24) is 10.6 Å². The third kappa shape index (κ3) is 8.60. The highest BCUT2D eigenvalue weighted by Crippen LogP contribution is 2.04. The van der Waals surface area contributed by atoms with Gasteiger partial charge < -0.3 is 10.6 Å². The van der Waals surface area contributed by atoms with Crippen molar-refractivity contribution in [2.24, 2.45) is 0 Å². The Kier molecular flexibility index (Phi) is 9.07. The molecule has 0 fully saturated rings. The Hall–Kier alpha value is -1.09. The second kappa shape index (κ2) is 10.8. The monoisotopic (exact) mass is 278 g/mol. The van der Waals surface area contributed by atoms with Gasteiger partial charge in [0.25, 0.3) is 0 Å². The number of unbranched alkanes of at least 4 members (excludes halogenated alkanes) is 5. The molecule has 106 valence electrons. The molecule has 0 aliphatic heterocycles. The lowest BCUT2D eigenvalue weighted by Crippen LogP contribution is -2.35. The van der Waals surface area contributed by atoms with Gasteiger partial charge in [0, 0.05) is 13.1 Å². The van der Waals surface area contributed by atoms with Gasteiger partial charge in [-0.15, -0.1) is 0 Å². The summed E-state index contributed by atoms with van der Waals surface area (Å²) in [7, 11) is 0. The zero-order valence-corrected chi connectivity index (χ0v) is 12.8. The maximum atomic E-state index is 5.25. The first-order chi connectivity index (χ1) is 9.33. The molecule has 0 aliphatic rings. The molecule has 1 aromatic carbocycles. The van der Waals surface area contributed by atoms with E-state index in [0.29, 0.717) is 0 Å². The average Bonchev–Trinajstić information content (AvgIpc) is 2.45. The molecule has 2 nitrogen and oxygen atoms in total. The number of thiocarbonyl (C=S) groups is 1. The van der Waals surface area contributed by atoms with E-state index in [1.807, 2.05) is 18.2 Å². The fourth-order valence-electron chi connectivity index (χ4n) is 1.95. The van der Waals surface area contributed by atoms with Gasteiger partial charge in [-0.1, -0.05) is 69.4 Å². The van der Waals surface area contributed by atoms with Crippen molar-refractivity contribution >= 4 is 17.3 Å². The summed E-state index contributed by atoms with van der Waals surface area (Å²) in [4.78, 5) is 0. The molecule has 0 radical (unpaired) electrons. The predicted octanol–water partition coefficient (Wildman–Crippen LogP) is 4.01. The molecule has 0 atom stereocenters. The first-order valence-corrected chi connectivity index (χ1v) is 7.79. The molecular formula is C16H26N2S. The molecule has 19 heavy (non-hydrogen) atoms. The molecule has 0 spiro atoms. The van der Waals surface area contributed by atoms with Crippen LogP contribution in [0, 0.1) is 0 Å². The first kappa shape index (κ1) is 16.0. The lowest BCUT2D eigenvalue weighted by atomic mass is 10.1. The minimum atomic E-state index is 0.761. The number of rotatable bonds is 9. The van der Waals surface area contributed by atoms with E-state index in [9.17, 15) is 0 Å². The van der Waals surface area contributed by atoms with Crippen molar-refractivity contribution in [3.63, 3.8) is 0 Å². The van der Waals surface area contributed by atoms with E-state index < -0.39 is 0 Å². The van der Waals surface area contributed by atoms with Gasteiger partial charge in [0.1, 0.15) is 0 Å². The largest absolute Gasteiger partial charge is 0.363 e. The first-order valence-electron chi connectivity index (χ1n) is 7.38. The molecule has 0 amide bonds. The van der Waals surface area contributed by atoms with Crippen molar-refractivity contribution in [3.8, 4) is 0 Å².